The van der Waals surface area contributed by atoms with Crippen LogP contribution in [-0.2, 0) is 5.41 Å². The third-order valence-corrected chi connectivity index (χ3v) is 4.20. The SMILES string of the molecule is [CH2]C(c1ccccc1)(c1ccccc1)c1ccccc1Cl. The van der Waals surface area contributed by atoms with Crippen molar-refractivity contribution in [2.75, 3.05) is 0 Å². The maximum absolute atomic E-state index is 6.47. The molecule has 21 heavy (non-hydrogen) atoms. The van der Waals surface area contributed by atoms with Gasteiger partial charge in [0.25, 0.3) is 0 Å². The lowest BCUT2D eigenvalue weighted by Gasteiger charge is -2.32. The van der Waals surface area contributed by atoms with Gasteiger partial charge in [-0.05, 0) is 29.7 Å². The number of hydrogen-bond donors (Lipinski definition) is 0. The molecule has 0 aromatic heterocycles. The number of benzene rings is 3. The molecule has 1 radical (unpaired) electrons. The van der Waals surface area contributed by atoms with E-state index in [1.165, 1.54) is 0 Å². The highest BCUT2D eigenvalue weighted by atomic mass is 35.5. The van der Waals surface area contributed by atoms with E-state index in [0.29, 0.717) is 0 Å². The Morgan fingerprint density at radius 2 is 1.05 bits per heavy atom. The summed E-state index contributed by atoms with van der Waals surface area (Å²) in [5, 5.41) is 0.736. The van der Waals surface area contributed by atoms with Crippen LogP contribution in [0.15, 0.2) is 84.9 Å². The van der Waals surface area contributed by atoms with E-state index in [0.717, 1.165) is 21.7 Å². The summed E-state index contributed by atoms with van der Waals surface area (Å²) in [6, 6.07) is 28.5. The summed E-state index contributed by atoms with van der Waals surface area (Å²) in [6.45, 7) is 4.56. The standard InChI is InChI=1S/C20H16Cl/c1-20(16-10-4-2-5-11-16,17-12-6-3-7-13-17)18-14-8-9-15-19(18)21/h2-15H,1H2. The van der Waals surface area contributed by atoms with Crippen molar-refractivity contribution < 1.29 is 0 Å². The average molecular weight is 292 g/mol. The largest absolute Gasteiger partial charge is 0.0840 e. The lowest BCUT2D eigenvalue weighted by Crippen LogP contribution is -2.26. The fourth-order valence-corrected chi connectivity index (χ4v) is 3.03. The summed E-state index contributed by atoms with van der Waals surface area (Å²) in [6.07, 6.45) is 0. The van der Waals surface area contributed by atoms with E-state index >= 15 is 0 Å². The van der Waals surface area contributed by atoms with Gasteiger partial charge >= 0.3 is 0 Å². The first-order valence-electron chi connectivity index (χ1n) is 6.94. The Balaban J connectivity index is 2.29. The summed E-state index contributed by atoms with van der Waals surface area (Å²) in [7, 11) is 0. The van der Waals surface area contributed by atoms with Gasteiger partial charge in [-0.2, -0.15) is 0 Å². The van der Waals surface area contributed by atoms with Crippen LogP contribution >= 0.6 is 11.6 Å². The molecule has 0 aliphatic carbocycles. The summed E-state index contributed by atoms with van der Waals surface area (Å²) < 4.78 is 0. The normalized spacial score (nSPS) is 11.3. The molecule has 0 saturated heterocycles. The Kier molecular flexibility index (Phi) is 3.81. The maximum atomic E-state index is 6.47. The molecule has 0 fully saturated rings. The average Bonchev–Trinajstić information content (AvgIpc) is 2.56. The van der Waals surface area contributed by atoms with E-state index in [9.17, 15) is 0 Å². The minimum absolute atomic E-state index is 0.513. The van der Waals surface area contributed by atoms with Crippen LogP contribution in [0.5, 0.6) is 0 Å². The highest BCUT2D eigenvalue weighted by Crippen LogP contribution is 2.41. The molecule has 0 unspecified atom stereocenters. The molecule has 0 atom stereocenters. The van der Waals surface area contributed by atoms with Gasteiger partial charge in [-0.25, -0.2) is 0 Å². The fourth-order valence-electron chi connectivity index (χ4n) is 2.73. The third-order valence-electron chi connectivity index (χ3n) is 3.87. The second kappa shape index (κ2) is 5.75. The summed E-state index contributed by atoms with van der Waals surface area (Å²) in [5.41, 5.74) is 2.76. The summed E-state index contributed by atoms with van der Waals surface area (Å²) in [4.78, 5) is 0. The molecule has 0 heterocycles. The lowest BCUT2D eigenvalue weighted by atomic mass is 9.71. The predicted molar refractivity (Wildman–Crippen MR) is 89.6 cm³/mol. The molecule has 0 amide bonds. The molecule has 103 valence electrons. The first-order chi connectivity index (χ1) is 10.2. The molecular weight excluding hydrogens is 276 g/mol. The summed E-state index contributed by atoms with van der Waals surface area (Å²) in [5.74, 6) is 0. The van der Waals surface area contributed by atoms with E-state index in [1.807, 2.05) is 54.6 Å². The van der Waals surface area contributed by atoms with Crippen LogP contribution in [0.1, 0.15) is 16.7 Å². The van der Waals surface area contributed by atoms with Gasteiger partial charge in [0, 0.05) is 10.4 Å². The van der Waals surface area contributed by atoms with E-state index in [4.69, 9.17) is 11.6 Å². The molecule has 0 nitrogen and oxygen atoms in total. The van der Waals surface area contributed by atoms with Crippen LogP contribution in [-0.4, -0.2) is 0 Å². The maximum Gasteiger partial charge on any atom is 0.0466 e. The monoisotopic (exact) mass is 291 g/mol. The lowest BCUT2D eigenvalue weighted by molar-refractivity contribution is 0.774. The van der Waals surface area contributed by atoms with Crippen molar-refractivity contribution in [2.45, 2.75) is 5.41 Å². The van der Waals surface area contributed by atoms with Crippen LogP contribution in [0, 0.1) is 6.92 Å². The van der Waals surface area contributed by atoms with Crippen LogP contribution in [0.25, 0.3) is 0 Å². The van der Waals surface area contributed by atoms with Crippen molar-refractivity contribution in [3.63, 3.8) is 0 Å². The molecule has 3 aromatic carbocycles. The van der Waals surface area contributed by atoms with Crippen LogP contribution in [0.4, 0.5) is 0 Å². The van der Waals surface area contributed by atoms with Gasteiger partial charge < -0.3 is 0 Å². The Hall–Kier alpha value is -2.05. The summed E-state index contributed by atoms with van der Waals surface area (Å²) >= 11 is 6.47. The second-order valence-corrected chi connectivity index (χ2v) is 5.52. The van der Waals surface area contributed by atoms with E-state index in [-0.39, 0.29) is 0 Å². The topological polar surface area (TPSA) is 0 Å². The quantitative estimate of drug-likeness (QED) is 0.558. The van der Waals surface area contributed by atoms with Gasteiger partial charge in [-0.3, -0.25) is 0 Å². The fraction of sp³-hybridized carbons (Fsp3) is 0.0500. The first-order valence-corrected chi connectivity index (χ1v) is 7.32. The smallest absolute Gasteiger partial charge is 0.0466 e. The van der Waals surface area contributed by atoms with E-state index in [1.54, 1.807) is 0 Å². The van der Waals surface area contributed by atoms with Crippen molar-refractivity contribution >= 4 is 11.6 Å². The first kappa shape index (κ1) is 13.9. The van der Waals surface area contributed by atoms with Crippen molar-refractivity contribution in [3.05, 3.63) is 114 Å². The highest BCUT2D eigenvalue weighted by molar-refractivity contribution is 6.31. The molecule has 0 N–H and O–H groups in total. The highest BCUT2D eigenvalue weighted by Gasteiger charge is 2.32. The molecule has 0 aliphatic heterocycles. The molecule has 0 spiro atoms. The minimum atomic E-state index is -0.513. The van der Waals surface area contributed by atoms with Crippen LogP contribution in [0.2, 0.25) is 5.02 Å². The van der Waals surface area contributed by atoms with Gasteiger partial charge in [0.05, 0.1) is 0 Å². The molecule has 1 heteroatoms. The number of halogens is 1. The predicted octanol–water partition coefficient (Wildman–Crippen LogP) is 5.51. The van der Waals surface area contributed by atoms with Gasteiger partial charge in [0.1, 0.15) is 0 Å². The Bertz CT molecular complexity index is 678. The van der Waals surface area contributed by atoms with Gasteiger partial charge in [0.2, 0.25) is 0 Å². The van der Waals surface area contributed by atoms with Crippen molar-refractivity contribution in [1.82, 2.24) is 0 Å². The van der Waals surface area contributed by atoms with Crippen molar-refractivity contribution in [1.29, 1.82) is 0 Å². The minimum Gasteiger partial charge on any atom is -0.0840 e. The van der Waals surface area contributed by atoms with Gasteiger partial charge in [-0.1, -0.05) is 90.5 Å². The zero-order valence-corrected chi connectivity index (χ0v) is 12.4. The molecule has 0 aliphatic rings. The zero-order chi connectivity index (χ0) is 14.7. The van der Waals surface area contributed by atoms with Crippen molar-refractivity contribution in [3.8, 4) is 0 Å². The molecule has 0 saturated carbocycles. The molecule has 3 aromatic rings. The Morgan fingerprint density at radius 1 is 0.619 bits per heavy atom. The van der Waals surface area contributed by atoms with Gasteiger partial charge in [-0.15, -0.1) is 0 Å². The Labute approximate surface area is 131 Å². The van der Waals surface area contributed by atoms with Crippen LogP contribution in [0.3, 0.4) is 0 Å². The van der Waals surface area contributed by atoms with E-state index in [2.05, 4.69) is 37.3 Å². The Morgan fingerprint density at radius 3 is 1.52 bits per heavy atom. The molecule has 0 bridgehead atoms. The molecule has 3 rings (SSSR count). The van der Waals surface area contributed by atoms with Crippen LogP contribution < -0.4 is 0 Å². The third kappa shape index (κ3) is 2.48. The van der Waals surface area contributed by atoms with Gasteiger partial charge in [0.15, 0.2) is 0 Å². The number of rotatable bonds is 3. The van der Waals surface area contributed by atoms with Crippen molar-refractivity contribution in [2.24, 2.45) is 0 Å². The zero-order valence-electron chi connectivity index (χ0n) is 11.7. The number of hydrogen-bond acceptors (Lipinski definition) is 0. The second-order valence-electron chi connectivity index (χ2n) is 5.12. The van der Waals surface area contributed by atoms with E-state index < -0.39 is 5.41 Å². The molecular formula is C20H16Cl.